The van der Waals surface area contributed by atoms with Crippen LogP contribution in [0.1, 0.15) is 47.2 Å². The first kappa shape index (κ1) is 17.0. The summed E-state index contributed by atoms with van der Waals surface area (Å²) in [6.07, 6.45) is 2.82. The number of carbonyl (C=O) groups excluding carboxylic acids is 2. The minimum atomic E-state index is -0.412. The van der Waals surface area contributed by atoms with Crippen molar-refractivity contribution in [2.75, 3.05) is 13.1 Å². The molecule has 1 saturated carbocycles. The Morgan fingerprint density at radius 3 is 2.42 bits per heavy atom. The molecule has 1 aliphatic heterocycles. The van der Waals surface area contributed by atoms with E-state index in [-0.39, 0.29) is 23.8 Å². The molecule has 0 aromatic heterocycles. The maximum absolute atomic E-state index is 12.8. The van der Waals surface area contributed by atoms with Crippen molar-refractivity contribution < 1.29 is 14.7 Å². The summed E-state index contributed by atoms with van der Waals surface area (Å²) in [7, 11) is 0. The zero-order valence-electron chi connectivity index (χ0n) is 14.4. The Balaban J connectivity index is 1.64. The second-order valence-electron chi connectivity index (χ2n) is 7.23. The topological polar surface area (TPSA) is 69.6 Å². The molecule has 2 amide bonds. The normalized spacial score (nSPS) is 26.6. The fourth-order valence-electron chi connectivity index (χ4n) is 3.61. The van der Waals surface area contributed by atoms with Gasteiger partial charge in [-0.05, 0) is 51.7 Å². The fourth-order valence-corrected chi connectivity index (χ4v) is 3.61. The van der Waals surface area contributed by atoms with E-state index in [1.807, 2.05) is 32.0 Å². The van der Waals surface area contributed by atoms with Crippen LogP contribution in [0.25, 0.3) is 0 Å². The van der Waals surface area contributed by atoms with Gasteiger partial charge in [0.05, 0.1) is 18.1 Å². The van der Waals surface area contributed by atoms with Crippen LogP contribution < -0.4 is 5.32 Å². The van der Waals surface area contributed by atoms with E-state index in [0.29, 0.717) is 18.7 Å². The predicted molar refractivity (Wildman–Crippen MR) is 91.7 cm³/mol. The van der Waals surface area contributed by atoms with Gasteiger partial charge in [0.25, 0.3) is 5.91 Å². The van der Waals surface area contributed by atoms with Crippen LogP contribution in [0.5, 0.6) is 0 Å². The number of aryl methyl sites for hydroxylation is 2. The van der Waals surface area contributed by atoms with Crippen molar-refractivity contribution in [3.63, 3.8) is 0 Å². The van der Waals surface area contributed by atoms with Crippen LogP contribution in [0.3, 0.4) is 0 Å². The average molecular weight is 330 g/mol. The summed E-state index contributed by atoms with van der Waals surface area (Å²) in [5, 5.41) is 12.5. The maximum atomic E-state index is 12.8. The molecule has 1 unspecified atom stereocenters. The second kappa shape index (κ2) is 6.93. The molecule has 5 heteroatoms. The van der Waals surface area contributed by atoms with E-state index in [2.05, 4.69) is 5.32 Å². The Morgan fingerprint density at radius 1 is 1.12 bits per heavy atom. The maximum Gasteiger partial charge on any atom is 0.253 e. The second-order valence-corrected chi connectivity index (χ2v) is 7.23. The zero-order chi connectivity index (χ0) is 17.3. The quantitative estimate of drug-likeness (QED) is 0.888. The smallest absolute Gasteiger partial charge is 0.253 e. The monoisotopic (exact) mass is 330 g/mol. The Hall–Kier alpha value is -1.88. The standard InChI is InChI=1S/C19H26N2O3/c1-12-8-13(2)10-15(9-12)19(24)21-7-3-4-14(11-21)18(23)20-16-5-6-17(16)22/h8-10,14,16-17,22H,3-7,11H2,1-2H3,(H,20,23)/t14?,16-,17-/m1/s1. The molecule has 1 aromatic rings. The molecule has 24 heavy (non-hydrogen) atoms. The summed E-state index contributed by atoms with van der Waals surface area (Å²) in [6, 6.07) is 5.75. The lowest BCUT2D eigenvalue weighted by molar-refractivity contribution is -0.129. The number of aliphatic hydroxyl groups is 1. The fraction of sp³-hybridized carbons (Fsp3) is 0.579. The molecule has 2 fully saturated rings. The summed E-state index contributed by atoms with van der Waals surface area (Å²) in [5.74, 6) is -0.207. The molecular formula is C19H26N2O3. The first-order valence-electron chi connectivity index (χ1n) is 8.80. The minimum absolute atomic E-state index is 0.00276. The van der Waals surface area contributed by atoms with E-state index >= 15 is 0 Å². The number of aliphatic hydroxyl groups excluding tert-OH is 1. The van der Waals surface area contributed by atoms with Crippen molar-refractivity contribution in [1.29, 1.82) is 0 Å². The molecule has 1 aliphatic carbocycles. The lowest BCUT2D eigenvalue weighted by Gasteiger charge is -2.36. The molecule has 0 spiro atoms. The van der Waals surface area contributed by atoms with Crippen molar-refractivity contribution in [2.45, 2.75) is 51.7 Å². The minimum Gasteiger partial charge on any atom is -0.391 e. The van der Waals surface area contributed by atoms with Crippen molar-refractivity contribution in [3.05, 3.63) is 34.9 Å². The van der Waals surface area contributed by atoms with Crippen LogP contribution in [0.15, 0.2) is 18.2 Å². The Labute approximate surface area is 143 Å². The number of likely N-dealkylation sites (tertiary alicyclic amines) is 1. The molecule has 2 N–H and O–H groups in total. The van der Waals surface area contributed by atoms with Gasteiger partial charge in [-0.15, -0.1) is 0 Å². The summed E-state index contributed by atoms with van der Waals surface area (Å²) in [5.41, 5.74) is 2.84. The van der Waals surface area contributed by atoms with Crippen molar-refractivity contribution in [2.24, 2.45) is 5.92 Å². The number of rotatable bonds is 3. The van der Waals surface area contributed by atoms with Crippen molar-refractivity contribution in [1.82, 2.24) is 10.2 Å². The molecule has 0 radical (unpaired) electrons. The molecule has 1 heterocycles. The van der Waals surface area contributed by atoms with E-state index in [0.717, 1.165) is 36.8 Å². The van der Waals surface area contributed by atoms with Gasteiger partial charge in [0, 0.05) is 18.7 Å². The van der Waals surface area contributed by atoms with Gasteiger partial charge in [-0.3, -0.25) is 9.59 Å². The largest absolute Gasteiger partial charge is 0.391 e. The number of nitrogens with zero attached hydrogens (tertiary/aromatic N) is 1. The number of nitrogens with one attached hydrogen (secondary N) is 1. The van der Waals surface area contributed by atoms with E-state index in [4.69, 9.17) is 0 Å². The van der Waals surface area contributed by atoms with Gasteiger partial charge >= 0.3 is 0 Å². The number of hydrogen-bond donors (Lipinski definition) is 2. The third-order valence-corrected chi connectivity index (χ3v) is 5.11. The van der Waals surface area contributed by atoms with E-state index in [1.165, 1.54) is 0 Å². The summed E-state index contributed by atoms with van der Waals surface area (Å²) >= 11 is 0. The van der Waals surface area contributed by atoms with Gasteiger partial charge in [-0.1, -0.05) is 17.2 Å². The predicted octanol–water partition coefficient (Wildman–Crippen LogP) is 1.80. The van der Waals surface area contributed by atoms with Crippen LogP contribution in [0.4, 0.5) is 0 Å². The Kier molecular flexibility index (Phi) is 4.90. The number of piperidine rings is 1. The van der Waals surface area contributed by atoms with Crippen LogP contribution in [-0.2, 0) is 4.79 Å². The third kappa shape index (κ3) is 3.61. The van der Waals surface area contributed by atoms with Crippen molar-refractivity contribution >= 4 is 11.8 Å². The van der Waals surface area contributed by atoms with Gasteiger partial charge < -0.3 is 15.3 Å². The van der Waals surface area contributed by atoms with E-state index in [9.17, 15) is 14.7 Å². The summed E-state index contributed by atoms with van der Waals surface area (Å²) in [4.78, 5) is 27.0. The lowest BCUT2D eigenvalue weighted by atomic mass is 9.88. The highest BCUT2D eigenvalue weighted by atomic mass is 16.3. The number of hydrogen-bond acceptors (Lipinski definition) is 3. The highest BCUT2D eigenvalue weighted by molar-refractivity contribution is 5.95. The van der Waals surface area contributed by atoms with Crippen LogP contribution in [0.2, 0.25) is 0 Å². The third-order valence-electron chi connectivity index (χ3n) is 5.11. The van der Waals surface area contributed by atoms with E-state index < -0.39 is 6.10 Å². The van der Waals surface area contributed by atoms with Gasteiger partial charge in [0.2, 0.25) is 5.91 Å². The lowest BCUT2D eigenvalue weighted by Crippen LogP contribution is -2.54. The number of benzene rings is 1. The van der Waals surface area contributed by atoms with Crippen molar-refractivity contribution in [3.8, 4) is 0 Å². The van der Waals surface area contributed by atoms with Gasteiger partial charge in [0.1, 0.15) is 0 Å². The Bertz CT molecular complexity index is 623. The molecule has 2 aliphatic rings. The Morgan fingerprint density at radius 2 is 1.83 bits per heavy atom. The van der Waals surface area contributed by atoms with Crippen LogP contribution in [-0.4, -0.2) is 47.1 Å². The molecule has 130 valence electrons. The molecule has 3 rings (SSSR count). The first-order valence-corrected chi connectivity index (χ1v) is 8.80. The zero-order valence-corrected chi connectivity index (χ0v) is 14.4. The van der Waals surface area contributed by atoms with Crippen LogP contribution >= 0.6 is 0 Å². The molecular weight excluding hydrogens is 304 g/mol. The SMILES string of the molecule is Cc1cc(C)cc(C(=O)N2CCCC(C(=O)N[C@@H]3CC[C@H]3O)C2)c1. The summed E-state index contributed by atoms with van der Waals surface area (Å²) < 4.78 is 0. The molecule has 5 nitrogen and oxygen atoms in total. The summed E-state index contributed by atoms with van der Waals surface area (Å²) in [6.45, 7) is 5.13. The number of carbonyl (C=O) groups is 2. The highest BCUT2D eigenvalue weighted by Gasteiger charge is 2.34. The molecule has 1 saturated heterocycles. The van der Waals surface area contributed by atoms with Crippen LogP contribution in [0, 0.1) is 19.8 Å². The van der Waals surface area contributed by atoms with Gasteiger partial charge in [-0.25, -0.2) is 0 Å². The van der Waals surface area contributed by atoms with Gasteiger partial charge in [-0.2, -0.15) is 0 Å². The molecule has 1 aromatic carbocycles. The molecule has 0 bridgehead atoms. The average Bonchev–Trinajstić information content (AvgIpc) is 2.56. The number of amides is 2. The molecule has 3 atom stereocenters. The van der Waals surface area contributed by atoms with Gasteiger partial charge in [0.15, 0.2) is 0 Å². The highest BCUT2D eigenvalue weighted by Crippen LogP contribution is 2.23. The first-order chi connectivity index (χ1) is 11.4. The van der Waals surface area contributed by atoms with E-state index in [1.54, 1.807) is 4.90 Å².